The Balaban J connectivity index is 2.55. The van der Waals surface area contributed by atoms with Crippen molar-refractivity contribution >= 4 is 10.8 Å². The molecule has 0 fully saturated rings. The molecule has 0 spiro atoms. The molecule has 0 aliphatic rings. The Morgan fingerprint density at radius 3 is 2.53 bits per heavy atom. The summed E-state index contributed by atoms with van der Waals surface area (Å²) in [6, 6.07) is 12.0. The van der Waals surface area contributed by atoms with Gasteiger partial charge in [0, 0.05) is 5.39 Å². The Labute approximate surface area is 90.4 Å². The summed E-state index contributed by atoms with van der Waals surface area (Å²) in [6.45, 7) is 4.32. The first-order valence-corrected chi connectivity index (χ1v) is 5.38. The summed E-state index contributed by atoms with van der Waals surface area (Å²) in [6.07, 6.45) is 0.927. The van der Waals surface area contributed by atoms with Crippen molar-refractivity contribution in [2.24, 2.45) is 5.92 Å². The van der Waals surface area contributed by atoms with E-state index < -0.39 is 0 Å². The Bertz CT molecular complexity index is 472. The highest BCUT2D eigenvalue weighted by molar-refractivity contribution is 5.89. The van der Waals surface area contributed by atoms with Crippen molar-refractivity contribution < 1.29 is 5.11 Å². The number of benzene rings is 2. The summed E-state index contributed by atoms with van der Waals surface area (Å²) >= 11 is 0. The van der Waals surface area contributed by atoms with Gasteiger partial charge in [-0.2, -0.15) is 0 Å². The van der Waals surface area contributed by atoms with E-state index in [1.54, 1.807) is 0 Å². The van der Waals surface area contributed by atoms with Crippen molar-refractivity contribution in [1.29, 1.82) is 0 Å². The van der Waals surface area contributed by atoms with E-state index in [4.69, 9.17) is 0 Å². The van der Waals surface area contributed by atoms with Gasteiger partial charge in [0.15, 0.2) is 0 Å². The molecule has 0 aromatic heterocycles. The second kappa shape index (κ2) is 3.93. The molecular weight excluding hydrogens is 184 g/mol. The molecule has 15 heavy (non-hydrogen) atoms. The molecule has 0 atom stereocenters. The highest BCUT2D eigenvalue weighted by atomic mass is 16.3. The van der Waals surface area contributed by atoms with Crippen molar-refractivity contribution in [3.63, 3.8) is 0 Å². The molecule has 1 nitrogen and oxygen atoms in total. The maximum Gasteiger partial charge on any atom is 0.126 e. The molecule has 0 unspecified atom stereocenters. The minimum absolute atomic E-state index is 0.446. The maximum atomic E-state index is 10.1. The zero-order valence-electron chi connectivity index (χ0n) is 9.20. The first kappa shape index (κ1) is 10.0. The third-order valence-electron chi connectivity index (χ3n) is 2.61. The molecule has 1 heteroatoms. The van der Waals surface area contributed by atoms with Crippen molar-refractivity contribution in [2.75, 3.05) is 0 Å². The van der Waals surface area contributed by atoms with Crippen molar-refractivity contribution in [3.8, 4) is 5.75 Å². The molecule has 2 aromatic rings. The number of rotatable bonds is 2. The summed E-state index contributed by atoms with van der Waals surface area (Å²) in [4.78, 5) is 0. The van der Waals surface area contributed by atoms with E-state index in [0.717, 1.165) is 22.8 Å². The van der Waals surface area contributed by atoms with E-state index >= 15 is 0 Å². The van der Waals surface area contributed by atoms with Crippen LogP contribution in [0.25, 0.3) is 10.8 Å². The fraction of sp³-hybridized carbons (Fsp3) is 0.286. The lowest BCUT2D eigenvalue weighted by atomic mass is 9.98. The van der Waals surface area contributed by atoms with Crippen LogP contribution < -0.4 is 0 Å². The molecule has 78 valence electrons. The smallest absolute Gasteiger partial charge is 0.126 e. The lowest BCUT2D eigenvalue weighted by molar-refractivity contribution is 0.469. The molecule has 0 saturated heterocycles. The number of fused-ring (bicyclic) bond motifs is 1. The third kappa shape index (κ3) is 1.96. The Hall–Kier alpha value is -1.50. The first-order chi connectivity index (χ1) is 7.18. The van der Waals surface area contributed by atoms with Gasteiger partial charge in [-0.15, -0.1) is 0 Å². The predicted octanol–water partition coefficient (Wildman–Crippen LogP) is 3.74. The van der Waals surface area contributed by atoms with E-state index in [-0.39, 0.29) is 0 Å². The summed E-state index contributed by atoms with van der Waals surface area (Å²) in [7, 11) is 0. The molecule has 0 amide bonds. The van der Waals surface area contributed by atoms with Crippen LogP contribution in [-0.4, -0.2) is 5.11 Å². The monoisotopic (exact) mass is 200 g/mol. The van der Waals surface area contributed by atoms with Gasteiger partial charge in [-0.3, -0.25) is 0 Å². The van der Waals surface area contributed by atoms with Crippen molar-refractivity contribution in [1.82, 2.24) is 0 Å². The van der Waals surface area contributed by atoms with E-state index in [9.17, 15) is 5.11 Å². The third-order valence-corrected chi connectivity index (χ3v) is 2.61. The Morgan fingerprint density at radius 1 is 1.07 bits per heavy atom. The molecule has 0 heterocycles. The van der Waals surface area contributed by atoms with Gasteiger partial charge in [-0.05, 0) is 23.3 Å². The lowest BCUT2D eigenvalue weighted by Gasteiger charge is -2.09. The fourth-order valence-electron chi connectivity index (χ4n) is 1.90. The second-order valence-corrected chi connectivity index (χ2v) is 4.39. The van der Waals surface area contributed by atoms with Gasteiger partial charge < -0.3 is 5.11 Å². The van der Waals surface area contributed by atoms with Gasteiger partial charge in [-0.1, -0.05) is 50.2 Å². The Kier molecular flexibility index (Phi) is 2.63. The zero-order chi connectivity index (χ0) is 10.8. The van der Waals surface area contributed by atoms with Crippen LogP contribution in [0.3, 0.4) is 0 Å². The van der Waals surface area contributed by atoms with Crippen LogP contribution in [0.5, 0.6) is 5.75 Å². The topological polar surface area (TPSA) is 20.2 Å². The van der Waals surface area contributed by atoms with Gasteiger partial charge in [-0.25, -0.2) is 0 Å². The number of phenols is 1. The maximum absolute atomic E-state index is 10.1. The van der Waals surface area contributed by atoms with Crippen LogP contribution in [0.1, 0.15) is 19.4 Å². The number of aromatic hydroxyl groups is 1. The predicted molar refractivity (Wildman–Crippen MR) is 64.2 cm³/mol. The first-order valence-electron chi connectivity index (χ1n) is 5.38. The van der Waals surface area contributed by atoms with E-state index in [0.29, 0.717) is 11.7 Å². The quantitative estimate of drug-likeness (QED) is 0.782. The van der Waals surface area contributed by atoms with E-state index in [2.05, 4.69) is 19.9 Å². The lowest BCUT2D eigenvalue weighted by Crippen LogP contribution is -1.94. The molecular formula is C14H16O. The standard InChI is InChI=1S/C14H16O/c1-10(2)9-12-8-7-11-5-3-4-6-13(11)14(12)15/h3-8,10,15H,9H2,1-2H3. The van der Waals surface area contributed by atoms with Gasteiger partial charge >= 0.3 is 0 Å². The molecule has 2 aromatic carbocycles. The second-order valence-electron chi connectivity index (χ2n) is 4.39. The van der Waals surface area contributed by atoms with Crippen molar-refractivity contribution in [3.05, 3.63) is 42.0 Å². The van der Waals surface area contributed by atoms with Crippen LogP contribution in [0, 0.1) is 5.92 Å². The summed E-state index contributed by atoms with van der Waals surface area (Å²) < 4.78 is 0. The van der Waals surface area contributed by atoms with Crippen LogP contribution in [-0.2, 0) is 6.42 Å². The molecule has 0 aliphatic carbocycles. The SMILES string of the molecule is CC(C)Cc1ccc2ccccc2c1O. The minimum atomic E-state index is 0.446. The van der Waals surface area contributed by atoms with E-state index in [1.165, 1.54) is 0 Å². The van der Waals surface area contributed by atoms with E-state index in [1.807, 2.05) is 30.3 Å². The average Bonchev–Trinajstić information content (AvgIpc) is 2.22. The fourth-order valence-corrected chi connectivity index (χ4v) is 1.90. The average molecular weight is 200 g/mol. The molecule has 1 N–H and O–H groups in total. The molecule has 0 radical (unpaired) electrons. The van der Waals surface area contributed by atoms with Gasteiger partial charge in [0.2, 0.25) is 0 Å². The largest absolute Gasteiger partial charge is 0.507 e. The van der Waals surface area contributed by atoms with Gasteiger partial charge in [0.25, 0.3) is 0 Å². The van der Waals surface area contributed by atoms with Crippen LogP contribution >= 0.6 is 0 Å². The molecule has 0 bridgehead atoms. The van der Waals surface area contributed by atoms with Crippen LogP contribution in [0.2, 0.25) is 0 Å². The summed E-state index contributed by atoms with van der Waals surface area (Å²) in [5.74, 6) is 1.01. The zero-order valence-corrected chi connectivity index (χ0v) is 9.20. The number of phenolic OH excluding ortho intramolecular Hbond substituents is 1. The normalized spacial score (nSPS) is 11.1. The van der Waals surface area contributed by atoms with Gasteiger partial charge in [0.05, 0.1) is 0 Å². The highest BCUT2D eigenvalue weighted by Gasteiger charge is 2.07. The van der Waals surface area contributed by atoms with Crippen LogP contribution in [0.15, 0.2) is 36.4 Å². The summed E-state index contributed by atoms with van der Waals surface area (Å²) in [5.41, 5.74) is 1.05. The molecule has 0 saturated carbocycles. The number of hydrogen-bond acceptors (Lipinski definition) is 1. The Morgan fingerprint density at radius 2 is 1.80 bits per heavy atom. The number of hydrogen-bond donors (Lipinski definition) is 1. The summed E-state index contributed by atoms with van der Waals surface area (Å²) in [5, 5.41) is 12.2. The molecule has 2 rings (SSSR count). The van der Waals surface area contributed by atoms with Gasteiger partial charge in [0.1, 0.15) is 5.75 Å². The van der Waals surface area contributed by atoms with Crippen LogP contribution in [0.4, 0.5) is 0 Å². The highest BCUT2D eigenvalue weighted by Crippen LogP contribution is 2.29. The van der Waals surface area contributed by atoms with Crippen molar-refractivity contribution in [2.45, 2.75) is 20.3 Å². The molecule has 0 aliphatic heterocycles. The minimum Gasteiger partial charge on any atom is -0.507 e.